The van der Waals surface area contributed by atoms with Crippen molar-refractivity contribution in [2.45, 2.75) is 39.5 Å². The van der Waals surface area contributed by atoms with Crippen molar-refractivity contribution in [1.29, 1.82) is 0 Å². The average molecular weight is 602 g/mol. The standard InChI is InChI=1S/C46H35N/c1-26(2)29-10-12-32-24-44-40(20-35(32)17-29)42-22-37(31-15-16-39-34(19-31)14-9-28-7-5-6-8-38(28)39)23-43-41-21-36-18-30(27(3)4)11-13-33(36)25-45(41)47(44)46(42)43/h5-27H,1-4H3. The Balaban J connectivity index is 1.32. The van der Waals surface area contributed by atoms with Gasteiger partial charge in [-0.15, -0.1) is 0 Å². The summed E-state index contributed by atoms with van der Waals surface area (Å²) in [5.74, 6) is 0.991. The molecule has 0 bridgehead atoms. The van der Waals surface area contributed by atoms with Crippen LogP contribution < -0.4 is 0 Å². The van der Waals surface area contributed by atoms with E-state index in [4.69, 9.17) is 0 Å². The molecule has 0 unspecified atom stereocenters. The Bertz CT molecular complexity index is 2760. The van der Waals surface area contributed by atoms with Gasteiger partial charge in [0.05, 0.1) is 16.6 Å². The maximum Gasteiger partial charge on any atom is 0.0620 e. The summed E-state index contributed by atoms with van der Waals surface area (Å²) in [6, 6.07) is 48.8. The van der Waals surface area contributed by atoms with Gasteiger partial charge in [0, 0.05) is 21.5 Å². The van der Waals surface area contributed by atoms with E-state index in [1.54, 1.807) is 0 Å². The number of hydrogen-bond acceptors (Lipinski definition) is 0. The minimum atomic E-state index is 0.495. The van der Waals surface area contributed by atoms with Crippen molar-refractivity contribution in [2.24, 2.45) is 0 Å². The minimum Gasteiger partial charge on any atom is -0.308 e. The maximum absolute atomic E-state index is 2.54. The van der Waals surface area contributed by atoms with Crippen molar-refractivity contribution in [2.75, 3.05) is 0 Å². The highest BCUT2D eigenvalue weighted by Crippen LogP contribution is 2.44. The van der Waals surface area contributed by atoms with Crippen LogP contribution in [0.5, 0.6) is 0 Å². The normalized spacial score (nSPS) is 12.6. The molecule has 224 valence electrons. The molecule has 0 atom stereocenters. The van der Waals surface area contributed by atoms with Crippen LogP contribution in [0.3, 0.4) is 0 Å². The molecule has 0 saturated carbocycles. The van der Waals surface area contributed by atoms with E-state index in [-0.39, 0.29) is 0 Å². The fourth-order valence-corrected chi connectivity index (χ4v) is 8.14. The van der Waals surface area contributed by atoms with Crippen LogP contribution in [0.4, 0.5) is 0 Å². The molecule has 0 saturated heterocycles. The largest absolute Gasteiger partial charge is 0.308 e. The third kappa shape index (κ3) is 3.83. The van der Waals surface area contributed by atoms with Crippen molar-refractivity contribution in [3.05, 3.63) is 139 Å². The molecule has 0 radical (unpaired) electrons. The molecule has 1 nitrogen and oxygen atoms in total. The molecule has 2 aromatic heterocycles. The van der Waals surface area contributed by atoms with E-state index in [2.05, 4.69) is 159 Å². The molecule has 0 amide bonds. The lowest BCUT2D eigenvalue weighted by Crippen LogP contribution is -1.88. The highest BCUT2D eigenvalue weighted by atomic mass is 14.9. The number of rotatable bonds is 3. The molecule has 47 heavy (non-hydrogen) atoms. The number of hydrogen-bond donors (Lipinski definition) is 0. The van der Waals surface area contributed by atoms with Gasteiger partial charge in [-0.05, 0) is 120 Å². The predicted octanol–water partition coefficient (Wildman–Crippen LogP) is 13.4. The fourth-order valence-electron chi connectivity index (χ4n) is 8.14. The SMILES string of the molecule is CC(C)c1ccc2cc3c(cc2c1)c1cc(-c2ccc4c(ccc5ccccc54)c2)cc2c4cc5cc(C(C)C)ccc5cc4n3c12. The molecule has 0 aliphatic carbocycles. The first-order valence-electron chi connectivity index (χ1n) is 17.0. The van der Waals surface area contributed by atoms with E-state index in [0.717, 1.165) is 0 Å². The van der Waals surface area contributed by atoms with Crippen LogP contribution in [0.2, 0.25) is 0 Å². The first kappa shape index (κ1) is 26.8. The second-order valence-electron chi connectivity index (χ2n) is 14.2. The second kappa shape index (κ2) is 9.56. The van der Waals surface area contributed by atoms with Crippen LogP contribution in [-0.4, -0.2) is 4.40 Å². The Kier molecular flexibility index (Phi) is 5.45. The number of aromatic nitrogens is 1. The molecular formula is C46H35N. The Hall–Kier alpha value is -5.40. The average Bonchev–Trinajstić information content (AvgIpc) is 3.59. The predicted molar refractivity (Wildman–Crippen MR) is 205 cm³/mol. The van der Waals surface area contributed by atoms with Crippen molar-refractivity contribution in [3.63, 3.8) is 0 Å². The monoisotopic (exact) mass is 601 g/mol. The smallest absolute Gasteiger partial charge is 0.0620 e. The number of nitrogens with zero attached hydrogens (tertiary/aromatic N) is 1. The lowest BCUT2D eigenvalue weighted by molar-refractivity contribution is 0.869. The van der Waals surface area contributed by atoms with E-state index in [0.29, 0.717) is 11.8 Å². The van der Waals surface area contributed by atoms with Gasteiger partial charge in [-0.3, -0.25) is 0 Å². The third-order valence-corrected chi connectivity index (χ3v) is 10.8. The van der Waals surface area contributed by atoms with Gasteiger partial charge < -0.3 is 4.40 Å². The number of fused-ring (bicyclic) bond motifs is 11. The van der Waals surface area contributed by atoms with E-state index in [9.17, 15) is 0 Å². The van der Waals surface area contributed by atoms with Crippen LogP contribution in [-0.2, 0) is 0 Å². The topological polar surface area (TPSA) is 4.41 Å². The first-order chi connectivity index (χ1) is 22.9. The van der Waals surface area contributed by atoms with Gasteiger partial charge in [-0.1, -0.05) is 113 Å². The number of benzene rings is 8. The van der Waals surface area contributed by atoms with Crippen LogP contribution in [0.15, 0.2) is 127 Å². The van der Waals surface area contributed by atoms with Crippen LogP contribution in [0, 0.1) is 0 Å². The summed E-state index contributed by atoms with van der Waals surface area (Å²) in [6.07, 6.45) is 0. The summed E-state index contributed by atoms with van der Waals surface area (Å²) in [6.45, 7) is 9.11. The quantitative estimate of drug-likeness (QED) is 0.177. The summed E-state index contributed by atoms with van der Waals surface area (Å²) in [5, 5.41) is 15.7. The summed E-state index contributed by atoms with van der Waals surface area (Å²) in [7, 11) is 0. The molecule has 2 heterocycles. The van der Waals surface area contributed by atoms with Crippen molar-refractivity contribution >= 4 is 81.2 Å². The molecule has 10 rings (SSSR count). The van der Waals surface area contributed by atoms with Crippen LogP contribution >= 0.6 is 0 Å². The minimum absolute atomic E-state index is 0.495. The van der Waals surface area contributed by atoms with E-state index in [1.807, 2.05) is 0 Å². The van der Waals surface area contributed by atoms with E-state index >= 15 is 0 Å². The molecule has 0 aliphatic rings. The van der Waals surface area contributed by atoms with Crippen LogP contribution in [0.1, 0.15) is 50.7 Å². The van der Waals surface area contributed by atoms with Gasteiger partial charge in [0.1, 0.15) is 0 Å². The summed E-state index contributed by atoms with van der Waals surface area (Å²) < 4.78 is 2.54. The van der Waals surface area contributed by atoms with Crippen molar-refractivity contribution in [3.8, 4) is 11.1 Å². The molecule has 0 fully saturated rings. The Morgan fingerprint density at radius 1 is 0.362 bits per heavy atom. The van der Waals surface area contributed by atoms with Gasteiger partial charge >= 0.3 is 0 Å². The van der Waals surface area contributed by atoms with E-state index < -0.39 is 0 Å². The highest BCUT2D eigenvalue weighted by Gasteiger charge is 2.21. The lowest BCUT2D eigenvalue weighted by Gasteiger charge is -2.10. The van der Waals surface area contributed by atoms with Gasteiger partial charge in [0.25, 0.3) is 0 Å². The molecule has 1 heteroatoms. The summed E-state index contributed by atoms with van der Waals surface area (Å²) in [4.78, 5) is 0. The highest BCUT2D eigenvalue weighted by molar-refractivity contribution is 6.27. The Morgan fingerprint density at radius 2 is 0.915 bits per heavy atom. The third-order valence-electron chi connectivity index (χ3n) is 10.8. The zero-order valence-corrected chi connectivity index (χ0v) is 27.2. The summed E-state index contributed by atoms with van der Waals surface area (Å²) >= 11 is 0. The Morgan fingerprint density at radius 3 is 1.53 bits per heavy atom. The first-order valence-corrected chi connectivity index (χ1v) is 17.0. The molecular weight excluding hydrogens is 567 g/mol. The van der Waals surface area contributed by atoms with Gasteiger partial charge in [-0.25, -0.2) is 0 Å². The van der Waals surface area contributed by atoms with Gasteiger partial charge in [0.2, 0.25) is 0 Å². The van der Waals surface area contributed by atoms with Gasteiger partial charge in [0.15, 0.2) is 0 Å². The summed E-state index contributed by atoms with van der Waals surface area (Å²) in [5.41, 5.74) is 9.18. The molecule has 8 aromatic carbocycles. The molecule has 10 aromatic rings. The molecule has 0 spiro atoms. The van der Waals surface area contributed by atoms with E-state index in [1.165, 1.54) is 103 Å². The molecule has 0 N–H and O–H groups in total. The zero-order valence-electron chi connectivity index (χ0n) is 27.2. The van der Waals surface area contributed by atoms with Crippen LogP contribution in [0.25, 0.3) is 92.3 Å². The second-order valence-corrected chi connectivity index (χ2v) is 14.2. The Labute approximate surface area is 274 Å². The maximum atomic E-state index is 2.54. The zero-order chi connectivity index (χ0) is 31.6. The lowest BCUT2D eigenvalue weighted by atomic mass is 9.94. The van der Waals surface area contributed by atoms with Crippen molar-refractivity contribution in [1.82, 2.24) is 4.40 Å². The van der Waals surface area contributed by atoms with Crippen molar-refractivity contribution < 1.29 is 0 Å². The molecule has 0 aliphatic heterocycles. The van der Waals surface area contributed by atoms with Gasteiger partial charge in [-0.2, -0.15) is 0 Å². The fraction of sp³-hybridized carbons (Fsp3) is 0.130.